The third kappa shape index (κ3) is 2.99. The van der Waals surface area contributed by atoms with Crippen molar-refractivity contribution < 1.29 is 13.9 Å². The quantitative estimate of drug-likeness (QED) is 0.900. The third-order valence-electron chi connectivity index (χ3n) is 6.56. The van der Waals surface area contributed by atoms with Gasteiger partial charge in [-0.3, -0.25) is 4.90 Å². The standard InChI is InChI=1S/C18H27F2N3O/c1-12-21-6-7-23(12)16-8-13-10-22(11-14(13)9-17(16)24)15-2-4-18(19,20)5-3-15/h6-7,13-17,24H,2-5,8-11H2,1H3/t13-,14+,16-,17-/m0/s1. The van der Waals surface area contributed by atoms with Gasteiger partial charge in [-0.1, -0.05) is 0 Å². The first-order chi connectivity index (χ1) is 11.4. The van der Waals surface area contributed by atoms with E-state index in [1.54, 1.807) is 6.20 Å². The minimum Gasteiger partial charge on any atom is -0.391 e. The topological polar surface area (TPSA) is 41.3 Å². The van der Waals surface area contributed by atoms with Crippen LogP contribution >= 0.6 is 0 Å². The van der Waals surface area contributed by atoms with Crippen LogP contribution < -0.4 is 0 Å². The van der Waals surface area contributed by atoms with Gasteiger partial charge >= 0.3 is 0 Å². The van der Waals surface area contributed by atoms with Crippen LogP contribution in [-0.2, 0) is 0 Å². The van der Waals surface area contributed by atoms with Crippen molar-refractivity contribution in [2.24, 2.45) is 11.8 Å². The number of aryl methyl sites for hydroxylation is 1. The summed E-state index contributed by atoms with van der Waals surface area (Å²) < 4.78 is 28.9. The number of fused-ring (bicyclic) bond motifs is 1. The Hall–Kier alpha value is -1.01. The number of hydrogen-bond donors (Lipinski definition) is 1. The Balaban J connectivity index is 1.41. The van der Waals surface area contributed by atoms with Crippen molar-refractivity contribution in [3.8, 4) is 0 Å². The van der Waals surface area contributed by atoms with Crippen molar-refractivity contribution in [3.63, 3.8) is 0 Å². The lowest BCUT2D eigenvalue weighted by Crippen LogP contribution is -2.39. The van der Waals surface area contributed by atoms with Gasteiger partial charge in [0.2, 0.25) is 5.92 Å². The third-order valence-corrected chi connectivity index (χ3v) is 6.56. The Bertz CT molecular complexity index is 581. The van der Waals surface area contributed by atoms with E-state index in [9.17, 15) is 13.9 Å². The van der Waals surface area contributed by atoms with Crippen LogP contribution in [0.3, 0.4) is 0 Å². The number of nitrogens with zero attached hydrogens (tertiary/aromatic N) is 3. The average Bonchev–Trinajstić information content (AvgIpc) is 3.12. The minimum atomic E-state index is -2.46. The molecule has 1 aromatic heterocycles. The van der Waals surface area contributed by atoms with Crippen molar-refractivity contribution in [2.45, 2.75) is 69.6 Å². The normalized spacial score (nSPS) is 37.5. The van der Waals surface area contributed by atoms with Gasteiger partial charge in [-0.2, -0.15) is 0 Å². The molecule has 1 aromatic rings. The second-order valence-corrected chi connectivity index (χ2v) is 8.05. The molecule has 2 aliphatic carbocycles. The van der Waals surface area contributed by atoms with Gasteiger partial charge in [0.15, 0.2) is 0 Å². The lowest BCUT2D eigenvalue weighted by molar-refractivity contribution is -0.0520. The second kappa shape index (κ2) is 6.06. The van der Waals surface area contributed by atoms with E-state index in [-0.39, 0.29) is 25.0 Å². The fraction of sp³-hybridized carbons (Fsp3) is 0.833. The lowest BCUT2D eigenvalue weighted by Gasteiger charge is -2.36. The second-order valence-electron chi connectivity index (χ2n) is 8.05. The Morgan fingerprint density at radius 3 is 2.46 bits per heavy atom. The van der Waals surface area contributed by atoms with Crippen LogP contribution in [0.5, 0.6) is 0 Å². The summed E-state index contributed by atoms with van der Waals surface area (Å²) in [6.07, 6.45) is 6.46. The van der Waals surface area contributed by atoms with E-state index in [0.29, 0.717) is 30.7 Å². The van der Waals surface area contributed by atoms with Crippen molar-refractivity contribution in [1.29, 1.82) is 0 Å². The lowest BCUT2D eigenvalue weighted by atomic mass is 9.77. The number of rotatable bonds is 2. The van der Waals surface area contributed by atoms with Gasteiger partial charge in [0.25, 0.3) is 0 Å². The van der Waals surface area contributed by atoms with Crippen LogP contribution in [0.4, 0.5) is 8.78 Å². The Morgan fingerprint density at radius 1 is 1.17 bits per heavy atom. The van der Waals surface area contributed by atoms with Crippen molar-refractivity contribution in [2.75, 3.05) is 13.1 Å². The maximum absolute atomic E-state index is 13.4. The summed E-state index contributed by atoms with van der Waals surface area (Å²) in [5.74, 6) is -0.449. The molecule has 2 saturated carbocycles. The van der Waals surface area contributed by atoms with Crippen LogP contribution in [0.15, 0.2) is 12.4 Å². The molecule has 0 bridgehead atoms. The number of aromatic nitrogens is 2. The zero-order chi connectivity index (χ0) is 16.9. The summed E-state index contributed by atoms with van der Waals surface area (Å²) in [6.45, 7) is 3.94. The first-order valence-electron chi connectivity index (χ1n) is 9.22. The van der Waals surface area contributed by atoms with E-state index >= 15 is 0 Å². The molecule has 1 saturated heterocycles. The minimum absolute atomic E-state index is 0.0307. The summed E-state index contributed by atoms with van der Waals surface area (Å²) in [7, 11) is 0. The summed E-state index contributed by atoms with van der Waals surface area (Å²) >= 11 is 0. The highest BCUT2D eigenvalue weighted by Crippen LogP contribution is 2.44. The fourth-order valence-electron chi connectivity index (χ4n) is 5.17. The molecule has 0 aromatic carbocycles. The van der Waals surface area contributed by atoms with E-state index < -0.39 is 5.92 Å². The molecule has 3 fully saturated rings. The van der Waals surface area contributed by atoms with E-state index in [4.69, 9.17) is 0 Å². The molecule has 1 N–H and O–H groups in total. The zero-order valence-corrected chi connectivity index (χ0v) is 14.2. The van der Waals surface area contributed by atoms with Crippen molar-refractivity contribution >= 4 is 0 Å². The molecular formula is C18H27F2N3O. The summed E-state index contributed by atoms with van der Waals surface area (Å²) in [4.78, 5) is 6.72. The van der Waals surface area contributed by atoms with Crippen molar-refractivity contribution in [3.05, 3.63) is 18.2 Å². The number of aliphatic hydroxyl groups is 1. The number of likely N-dealkylation sites (tertiary alicyclic amines) is 1. The van der Waals surface area contributed by atoms with Gasteiger partial charge in [-0.15, -0.1) is 0 Å². The maximum atomic E-state index is 13.4. The predicted molar refractivity (Wildman–Crippen MR) is 87.0 cm³/mol. The molecule has 3 aliphatic rings. The van der Waals surface area contributed by atoms with Gasteiger partial charge in [-0.25, -0.2) is 13.8 Å². The van der Waals surface area contributed by atoms with E-state index in [1.165, 1.54) is 0 Å². The zero-order valence-electron chi connectivity index (χ0n) is 14.2. The summed E-state index contributed by atoms with van der Waals surface area (Å²) in [5.41, 5.74) is 0. The fourth-order valence-corrected chi connectivity index (χ4v) is 5.17. The number of imidazole rings is 1. The molecule has 0 amide bonds. The molecule has 1 aliphatic heterocycles. The molecule has 0 radical (unpaired) electrons. The number of aliphatic hydroxyl groups excluding tert-OH is 1. The van der Waals surface area contributed by atoms with Gasteiger partial charge in [0, 0.05) is 44.4 Å². The first-order valence-corrected chi connectivity index (χ1v) is 9.22. The molecule has 4 rings (SSSR count). The molecule has 6 heteroatoms. The van der Waals surface area contributed by atoms with Crippen LogP contribution in [0.1, 0.15) is 50.4 Å². The number of alkyl halides is 2. The molecule has 4 atom stereocenters. The summed E-state index contributed by atoms with van der Waals surface area (Å²) in [6, 6.07) is 0.408. The molecule has 24 heavy (non-hydrogen) atoms. The SMILES string of the molecule is Cc1nccn1[C@H]1C[C@H]2CN(C3CCC(F)(F)CC3)C[C@H]2C[C@@H]1O. The van der Waals surface area contributed by atoms with E-state index in [2.05, 4.69) is 14.5 Å². The van der Waals surface area contributed by atoms with Crippen LogP contribution in [0, 0.1) is 18.8 Å². The van der Waals surface area contributed by atoms with E-state index in [0.717, 1.165) is 31.8 Å². The van der Waals surface area contributed by atoms with Crippen molar-refractivity contribution in [1.82, 2.24) is 14.5 Å². The van der Waals surface area contributed by atoms with Gasteiger partial charge in [-0.05, 0) is 44.4 Å². The molecule has 0 spiro atoms. The molecule has 134 valence electrons. The highest BCUT2D eigenvalue weighted by atomic mass is 19.3. The first kappa shape index (κ1) is 16.5. The largest absolute Gasteiger partial charge is 0.391 e. The number of hydrogen-bond acceptors (Lipinski definition) is 3. The molecule has 0 unspecified atom stereocenters. The smallest absolute Gasteiger partial charge is 0.248 e. The highest BCUT2D eigenvalue weighted by Gasteiger charge is 2.45. The number of halogens is 2. The monoisotopic (exact) mass is 339 g/mol. The maximum Gasteiger partial charge on any atom is 0.248 e. The van der Waals surface area contributed by atoms with Crippen LogP contribution in [-0.4, -0.2) is 50.7 Å². The highest BCUT2D eigenvalue weighted by molar-refractivity contribution is 5.01. The van der Waals surface area contributed by atoms with Crippen LogP contribution in [0.25, 0.3) is 0 Å². The van der Waals surface area contributed by atoms with Gasteiger partial charge in [0.05, 0.1) is 12.1 Å². The predicted octanol–water partition coefficient (Wildman–Crippen LogP) is 3.01. The Labute approximate surface area is 141 Å². The molecule has 2 heterocycles. The van der Waals surface area contributed by atoms with E-state index in [1.807, 2.05) is 13.1 Å². The summed E-state index contributed by atoms with van der Waals surface area (Å²) in [5, 5.41) is 10.6. The Kier molecular flexibility index (Phi) is 4.15. The molecule has 4 nitrogen and oxygen atoms in total. The van der Waals surface area contributed by atoms with Crippen LogP contribution in [0.2, 0.25) is 0 Å². The average molecular weight is 339 g/mol. The van der Waals surface area contributed by atoms with Gasteiger partial charge < -0.3 is 9.67 Å². The molecular weight excluding hydrogens is 312 g/mol. The Morgan fingerprint density at radius 2 is 1.83 bits per heavy atom. The van der Waals surface area contributed by atoms with Gasteiger partial charge in [0.1, 0.15) is 5.82 Å².